The van der Waals surface area contributed by atoms with Gasteiger partial charge in [-0.2, -0.15) is 0 Å². The largest absolute Gasteiger partial charge is 0.490 e. The highest BCUT2D eigenvalue weighted by Crippen LogP contribution is 2.31. The Balaban J connectivity index is 1.89. The summed E-state index contributed by atoms with van der Waals surface area (Å²) < 4.78 is 6.87. The zero-order chi connectivity index (χ0) is 14.8. The first kappa shape index (κ1) is 15.1. The molecule has 3 N–H and O–H groups in total. The number of ether oxygens (including phenoxy) is 1. The van der Waals surface area contributed by atoms with E-state index in [0.29, 0.717) is 6.10 Å². The van der Waals surface area contributed by atoms with Crippen molar-refractivity contribution in [3.8, 4) is 5.75 Å². The van der Waals surface area contributed by atoms with Crippen molar-refractivity contribution in [2.45, 2.75) is 25.0 Å². The summed E-state index contributed by atoms with van der Waals surface area (Å²) in [6, 6.07) is 13.9. The molecule has 0 aromatic heterocycles. The highest BCUT2D eigenvalue weighted by Gasteiger charge is 2.24. The van der Waals surface area contributed by atoms with E-state index in [1.807, 2.05) is 42.5 Å². The first-order valence-corrected chi connectivity index (χ1v) is 8.31. The summed E-state index contributed by atoms with van der Waals surface area (Å²) in [6.07, 6.45) is 2.68. The minimum Gasteiger partial charge on any atom is -0.490 e. The highest BCUT2D eigenvalue weighted by atomic mass is 127. The predicted octanol–water partition coefficient (Wildman–Crippen LogP) is 4.04. The Morgan fingerprint density at radius 2 is 1.95 bits per heavy atom. The van der Waals surface area contributed by atoms with Gasteiger partial charge in [0.05, 0.1) is 17.2 Å². The second-order valence-electron chi connectivity index (χ2n) is 5.16. The molecule has 110 valence electrons. The monoisotopic (exact) mass is 414 g/mol. The maximum atomic E-state index is 6.21. The molecule has 2 aromatic carbocycles. The number of hydrogen-bond acceptors (Lipinski definition) is 3. The van der Waals surface area contributed by atoms with Crippen LogP contribution in [0.3, 0.4) is 0 Å². The van der Waals surface area contributed by atoms with Crippen molar-refractivity contribution >= 4 is 34.2 Å². The molecule has 3 rings (SSSR count). The highest BCUT2D eigenvalue weighted by molar-refractivity contribution is 14.1. The van der Waals surface area contributed by atoms with Crippen LogP contribution in [-0.2, 0) is 0 Å². The molecule has 3 nitrogen and oxygen atoms in total. The summed E-state index contributed by atoms with van der Waals surface area (Å²) in [4.78, 5) is 0. The summed E-state index contributed by atoms with van der Waals surface area (Å²) in [7, 11) is 0. The van der Waals surface area contributed by atoms with Crippen LogP contribution in [0.2, 0.25) is 5.02 Å². The molecule has 0 heterocycles. The standard InChI is InChI=1S/C16H16ClIN2O/c17-14-9-11(4-7-15(14)18)16(20-19)10-2-1-3-13(8-10)21-12-5-6-12/h1-4,7-9,12,16,20H,5-6,19H2. The second-order valence-corrected chi connectivity index (χ2v) is 6.73. The van der Waals surface area contributed by atoms with Crippen LogP contribution in [0.4, 0.5) is 0 Å². The first-order valence-electron chi connectivity index (χ1n) is 6.85. The van der Waals surface area contributed by atoms with Gasteiger partial charge in [-0.25, -0.2) is 5.43 Å². The molecule has 1 atom stereocenters. The van der Waals surface area contributed by atoms with Gasteiger partial charge in [0.2, 0.25) is 0 Å². The van der Waals surface area contributed by atoms with Crippen molar-refractivity contribution in [2.24, 2.45) is 5.84 Å². The van der Waals surface area contributed by atoms with Crippen molar-refractivity contribution in [3.63, 3.8) is 0 Å². The van der Waals surface area contributed by atoms with E-state index in [1.54, 1.807) is 0 Å². The van der Waals surface area contributed by atoms with Gasteiger partial charge in [0.15, 0.2) is 0 Å². The van der Waals surface area contributed by atoms with Gasteiger partial charge in [-0.3, -0.25) is 5.84 Å². The van der Waals surface area contributed by atoms with Crippen LogP contribution in [0.5, 0.6) is 5.75 Å². The lowest BCUT2D eigenvalue weighted by Crippen LogP contribution is -2.28. The number of hydrazine groups is 1. The molecule has 1 saturated carbocycles. The van der Waals surface area contributed by atoms with Gasteiger partial charge < -0.3 is 4.74 Å². The van der Waals surface area contributed by atoms with Gasteiger partial charge in [0.1, 0.15) is 5.75 Å². The molecule has 0 spiro atoms. The molecule has 0 bridgehead atoms. The molecule has 0 aliphatic heterocycles. The maximum absolute atomic E-state index is 6.21. The predicted molar refractivity (Wildman–Crippen MR) is 93.4 cm³/mol. The SMILES string of the molecule is NNC(c1cccc(OC2CC2)c1)c1ccc(I)c(Cl)c1. The fourth-order valence-electron chi connectivity index (χ4n) is 2.22. The lowest BCUT2D eigenvalue weighted by molar-refractivity contribution is 0.302. The Kier molecular flexibility index (Phi) is 4.69. The summed E-state index contributed by atoms with van der Waals surface area (Å²) in [5.74, 6) is 6.65. The molecule has 1 fully saturated rings. The molecular weight excluding hydrogens is 399 g/mol. The van der Waals surface area contributed by atoms with Crippen LogP contribution in [-0.4, -0.2) is 6.10 Å². The Morgan fingerprint density at radius 1 is 1.19 bits per heavy atom. The molecule has 2 aromatic rings. The van der Waals surface area contributed by atoms with E-state index >= 15 is 0 Å². The fraction of sp³-hybridized carbons (Fsp3) is 0.250. The lowest BCUT2D eigenvalue weighted by atomic mass is 9.99. The van der Waals surface area contributed by atoms with Crippen molar-refractivity contribution in [1.29, 1.82) is 0 Å². The first-order chi connectivity index (χ1) is 10.2. The third kappa shape index (κ3) is 3.69. The van der Waals surface area contributed by atoms with E-state index in [9.17, 15) is 0 Å². The summed E-state index contributed by atoms with van der Waals surface area (Å²) in [5.41, 5.74) is 4.96. The number of benzene rings is 2. The zero-order valence-electron chi connectivity index (χ0n) is 11.4. The molecule has 0 radical (unpaired) electrons. The molecule has 1 aliphatic carbocycles. The van der Waals surface area contributed by atoms with Gasteiger partial charge >= 0.3 is 0 Å². The van der Waals surface area contributed by atoms with E-state index in [0.717, 1.165) is 38.3 Å². The molecule has 0 saturated heterocycles. The van der Waals surface area contributed by atoms with Crippen molar-refractivity contribution in [3.05, 3.63) is 62.2 Å². The Labute approximate surface area is 142 Å². The van der Waals surface area contributed by atoms with Crippen LogP contribution < -0.4 is 16.0 Å². The number of nitrogens with two attached hydrogens (primary N) is 1. The summed E-state index contributed by atoms with van der Waals surface area (Å²) in [6.45, 7) is 0. The smallest absolute Gasteiger partial charge is 0.120 e. The van der Waals surface area contributed by atoms with Crippen LogP contribution in [0.25, 0.3) is 0 Å². The number of halogens is 2. The van der Waals surface area contributed by atoms with Crippen molar-refractivity contribution in [2.75, 3.05) is 0 Å². The van der Waals surface area contributed by atoms with Crippen LogP contribution in [0.15, 0.2) is 42.5 Å². The van der Waals surface area contributed by atoms with Crippen LogP contribution >= 0.6 is 34.2 Å². The quantitative estimate of drug-likeness (QED) is 0.441. The Morgan fingerprint density at radius 3 is 2.62 bits per heavy atom. The minimum atomic E-state index is -0.109. The fourth-order valence-corrected chi connectivity index (χ4v) is 2.75. The van der Waals surface area contributed by atoms with Gasteiger partial charge in [-0.1, -0.05) is 29.8 Å². The van der Waals surface area contributed by atoms with E-state index in [-0.39, 0.29) is 6.04 Å². The van der Waals surface area contributed by atoms with E-state index in [1.165, 1.54) is 0 Å². The van der Waals surface area contributed by atoms with E-state index in [4.69, 9.17) is 22.2 Å². The van der Waals surface area contributed by atoms with E-state index in [2.05, 4.69) is 28.0 Å². The molecule has 1 aliphatic rings. The third-order valence-electron chi connectivity index (χ3n) is 3.46. The lowest BCUT2D eigenvalue weighted by Gasteiger charge is -2.18. The van der Waals surface area contributed by atoms with Gasteiger partial charge in [-0.05, 0) is 70.8 Å². The normalized spacial score (nSPS) is 15.8. The molecule has 21 heavy (non-hydrogen) atoms. The number of rotatable bonds is 5. The van der Waals surface area contributed by atoms with Crippen molar-refractivity contribution in [1.82, 2.24) is 5.43 Å². The summed E-state index contributed by atoms with van der Waals surface area (Å²) >= 11 is 8.42. The van der Waals surface area contributed by atoms with Crippen LogP contribution in [0, 0.1) is 3.57 Å². The Hall–Kier alpha value is -0.820. The number of nitrogens with one attached hydrogen (secondary N) is 1. The third-order valence-corrected chi connectivity index (χ3v) is 5.03. The van der Waals surface area contributed by atoms with Gasteiger partial charge in [0.25, 0.3) is 0 Å². The Bertz CT molecular complexity index is 646. The molecular formula is C16H16ClIN2O. The average molecular weight is 415 g/mol. The van der Waals surface area contributed by atoms with E-state index < -0.39 is 0 Å². The molecule has 0 amide bonds. The van der Waals surface area contributed by atoms with Crippen LogP contribution in [0.1, 0.15) is 30.0 Å². The van der Waals surface area contributed by atoms with Crippen molar-refractivity contribution < 1.29 is 4.74 Å². The maximum Gasteiger partial charge on any atom is 0.120 e. The minimum absolute atomic E-state index is 0.109. The van der Waals surface area contributed by atoms with Gasteiger partial charge in [-0.15, -0.1) is 0 Å². The topological polar surface area (TPSA) is 47.3 Å². The molecule has 5 heteroatoms. The zero-order valence-corrected chi connectivity index (χ0v) is 14.3. The average Bonchev–Trinajstić information content (AvgIpc) is 3.28. The second kappa shape index (κ2) is 6.52. The summed E-state index contributed by atoms with van der Waals surface area (Å²) in [5, 5.41) is 0.735. The number of hydrogen-bond donors (Lipinski definition) is 2. The molecule has 1 unspecified atom stereocenters. The van der Waals surface area contributed by atoms with Gasteiger partial charge in [0, 0.05) is 3.57 Å².